The third kappa shape index (κ3) is 2.72. The minimum absolute atomic E-state index is 0.255. The second kappa shape index (κ2) is 5.34. The second-order valence-electron chi connectivity index (χ2n) is 4.61. The number of hydrogen-bond donors (Lipinski definition) is 1. The van der Waals surface area contributed by atoms with Crippen LogP contribution in [0.15, 0.2) is 18.2 Å². The van der Waals surface area contributed by atoms with Gasteiger partial charge >= 0.3 is 0 Å². The second-order valence-corrected chi connectivity index (χ2v) is 4.61. The van der Waals surface area contributed by atoms with E-state index >= 15 is 0 Å². The summed E-state index contributed by atoms with van der Waals surface area (Å²) in [4.78, 5) is 8.75. The summed E-state index contributed by atoms with van der Waals surface area (Å²) in [5.41, 5.74) is 3.07. The molecule has 2 rings (SSSR count). The highest BCUT2D eigenvalue weighted by atomic mass is 19.1. The fourth-order valence-corrected chi connectivity index (χ4v) is 2.05. The first-order valence-corrected chi connectivity index (χ1v) is 6.38. The summed E-state index contributed by atoms with van der Waals surface area (Å²) < 4.78 is 14.0. The van der Waals surface area contributed by atoms with Gasteiger partial charge in [0.25, 0.3) is 0 Å². The molecule has 0 aliphatic carbocycles. The van der Waals surface area contributed by atoms with Crippen LogP contribution < -0.4 is 5.32 Å². The van der Waals surface area contributed by atoms with Crippen molar-refractivity contribution in [2.45, 2.75) is 27.7 Å². The monoisotopic (exact) mass is 259 g/mol. The molecular formula is C15H18FN3. The smallest absolute Gasteiger partial charge is 0.133 e. The quantitative estimate of drug-likeness (QED) is 0.914. The maximum atomic E-state index is 14.0. The molecule has 4 heteroatoms. The molecule has 1 N–H and O–H groups in total. The zero-order valence-corrected chi connectivity index (χ0v) is 11.7. The lowest BCUT2D eigenvalue weighted by molar-refractivity contribution is 0.630. The fourth-order valence-electron chi connectivity index (χ4n) is 2.05. The number of benzene rings is 1. The Morgan fingerprint density at radius 1 is 1.16 bits per heavy atom. The molecule has 0 unspecified atom stereocenters. The number of nitrogens with zero attached hydrogens (tertiary/aromatic N) is 2. The Hall–Kier alpha value is -1.97. The Balaban J connectivity index is 2.64. The van der Waals surface area contributed by atoms with Crippen LogP contribution in [0.4, 0.5) is 10.2 Å². The molecule has 0 spiro atoms. The van der Waals surface area contributed by atoms with E-state index in [4.69, 9.17) is 0 Å². The van der Waals surface area contributed by atoms with Gasteiger partial charge in [-0.2, -0.15) is 0 Å². The van der Waals surface area contributed by atoms with E-state index in [2.05, 4.69) is 15.3 Å². The van der Waals surface area contributed by atoms with E-state index < -0.39 is 0 Å². The zero-order chi connectivity index (χ0) is 14.0. The van der Waals surface area contributed by atoms with Crippen LogP contribution in [0, 0.1) is 26.6 Å². The molecule has 1 aromatic carbocycles. The lowest BCUT2D eigenvalue weighted by Gasteiger charge is -2.13. The van der Waals surface area contributed by atoms with Crippen molar-refractivity contribution >= 4 is 5.82 Å². The highest BCUT2D eigenvalue weighted by molar-refractivity contribution is 5.69. The molecule has 0 amide bonds. The zero-order valence-electron chi connectivity index (χ0n) is 11.7. The van der Waals surface area contributed by atoms with Crippen molar-refractivity contribution in [1.82, 2.24) is 9.97 Å². The number of hydrogen-bond acceptors (Lipinski definition) is 3. The minimum Gasteiger partial charge on any atom is -0.370 e. The molecule has 0 bridgehead atoms. The Morgan fingerprint density at radius 2 is 1.89 bits per heavy atom. The number of anilines is 1. The number of halogens is 1. The lowest BCUT2D eigenvalue weighted by atomic mass is 10.0. The van der Waals surface area contributed by atoms with Gasteiger partial charge in [0, 0.05) is 17.7 Å². The van der Waals surface area contributed by atoms with Crippen LogP contribution in [0.25, 0.3) is 11.3 Å². The van der Waals surface area contributed by atoms with E-state index in [1.165, 1.54) is 6.07 Å². The molecule has 1 aromatic heterocycles. The van der Waals surface area contributed by atoms with E-state index in [1.54, 1.807) is 6.07 Å². The van der Waals surface area contributed by atoms with Crippen molar-refractivity contribution in [1.29, 1.82) is 0 Å². The molecule has 2 aromatic rings. The summed E-state index contributed by atoms with van der Waals surface area (Å²) in [5.74, 6) is 1.15. The number of nitrogens with one attached hydrogen (secondary N) is 1. The van der Waals surface area contributed by atoms with Gasteiger partial charge in [0.05, 0.1) is 5.69 Å². The van der Waals surface area contributed by atoms with Crippen molar-refractivity contribution < 1.29 is 4.39 Å². The first-order valence-electron chi connectivity index (χ1n) is 6.38. The Labute approximate surface area is 112 Å². The normalized spacial score (nSPS) is 10.6. The predicted molar refractivity (Wildman–Crippen MR) is 75.8 cm³/mol. The fraction of sp³-hybridized carbons (Fsp3) is 0.333. The topological polar surface area (TPSA) is 37.8 Å². The predicted octanol–water partition coefficient (Wildman–Crippen LogP) is 3.64. The standard InChI is InChI=1S/C15H18FN3/c1-5-17-15-10(3)14(18-11(4)19-15)12-8-9(2)6-7-13(12)16/h6-8H,5H2,1-4H3,(H,17,18,19). The maximum Gasteiger partial charge on any atom is 0.133 e. The molecule has 100 valence electrons. The van der Waals surface area contributed by atoms with Crippen molar-refractivity contribution in [3.05, 3.63) is 41.0 Å². The van der Waals surface area contributed by atoms with Gasteiger partial charge in [-0.1, -0.05) is 11.6 Å². The van der Waals surface area contributed by atoms with E-state index in [0.717, 1.165) is 23.5 Å². The van der Waals surface area contributed by atoms with Gasteiger partial charge in [0.2, 0.25) is 0 Å². The highest BCUT2D eigenvalue weighted by Gasteiger charge is 2.14. The van der Waals surface area contributed by atoms with Gasteiger partial charge in [-0.15, -0.1) is 0 Å². The molecule has 0 atom stereocenters. The van der Waals surface area contributed by atoms with E-state index in [-0.39, 0.29) is 5.82 Å². The molecule has 0 fully saturated rings. The van der Waals surface area contributed by atoms with Gasteiger partial charge in [-0.25, -0.2) is 14.4 Å². The average Bonchev–Trinajstić information content (AvgIpc) is 2.37. The summed E-state index contributed by atoms with van der Waals surface area (Å²) >= 11 is 0. The van der Waals surface area contributed by atoms with Gasteiger partial charge in [0.1, 0.15) is 17.5 Å². The van der Waals surface area contributed by atoms with E-state index in [1.807, 2.05) is 33.8 Å². The maximum absolute atomic E-state index is 14.0. The molecule has 19 heavy (non-hydrogen) atoms. The Kier molecular flexibility index (Phi) is 3.79. The summed E-state index contributed by atoms with van der Waals surface area (Å²) in [6, 6.07) is 5.06. The molecule has 0 saturated heterocycles. The number of aromatic nitrogens is 2. The number of rotatable bonds is 3. The molecule has 3 nitrogen and oxygen atoms in total. The first kappa shape index (κ1) is 13.5. The van der Waals surface area contributed by atoms with E-state index in [0.29, 0.717) is 17.1 Å². The molecule has 0 aliphatic heterocycles. The van der Waals surface area contributed by atoms with Crippen LogP contribution in [0.3, 0.4) is 0 Å². The van der Waals surface area contributed by atoms with E-state index in [9.17, 15) is 4.39 Å². The summed E-state index contributed by atoms with van der Waals surface area (Å²) in [5, 5.41) is 3.19. The molecule has 1 heterocycles. The van der Waals surface area contributed by atoms with Crippen LogP contribution in [-0.2, 0) is 0 Å². The van der Waals surface area contributed by atoms with Crippen LogP contribution in [0.2, 0.25) is 0 Å². The minimum atomic E-state index is -0.255. The van der Waals surface area contributed by atoms with Crippen LogP contribution in [-0.4, -0.2) is 16.5 Å². The third-order valence-electron chi connectivity index (χ3n) is 2.98. The number of aryl methyl sites for hydroxylation is 2. The Morgan fingerprint density at radius 3 is 2.58 bits per heavy atom. The van der Waals surface area contributed by atoms with Crippen molar-refractivity contribution in [2.24, 2.45) is 0 Å². The van der Waals surface area contributed by atoms with Crippen molar-refractivity contribution in [3.63, 3.8) is 0 Å². The molecular weight excluding hydrogens is 241 g/mol. The van der Waals surface area contributed by atoms with Crippen LogP contribution in [0.1, 0.15) is 23.9 Å². The van der Waals surface area contributed by atoms with Crippen molar-refractivity contribution in [3.8, 4) is 11.3 Å². The molecule has 0 saturated carbocycles. The van der Waals surface area contributed by atoms with Crippen LogP contribution >= 0.6 is 0 Å². The first-order chi connectivity index (χ1) is 9.02. The van der Waals surface area contributed by atoms with Crippen LogP contribution in [0.5, 0.6) is 0 Å². The van der Waals surface area contributed by atoms with Gasteiger partial charge < -0.3 is 5.32 Å². The van der Waals surface area contributed by atoms with Gasteiger partial charge in [-0.3, -0.25) is 0 Å². The SMILES string of the molecule is CCNc1nc(C)nc(-c2cc(C)ccc2F)c1C. The van der Waals surface area contributed by atoms with Crippen molar-refractivity contribution in [2.75, 3.05) is 11.9 Å². The third-order valence-corrected chi connectivity index (χ3v) is 2.98. The Bertz CT molecular complexity index is 609. The largest absolute Gasteiger partial charge is 0.370 e. The average molecular weight is 259 g/mol. The summed E-state index contributed by atoms with van der Waals surface area (Å²) in [6.45, 7) is 8.44. The van der Waals surface area contributed by atoms with Gasteiger partial charge in [0.15, 0.2) is 0 Å². The molecule has 0 aliphatic rings. The summed E-state index contributed by atoms with van der Waals surface area (Å²) in [6.07, 6.45) is 0. The van der Waals surface area contributed by atoms with Gasteiger partial charge in [-0.05, 0) is 39.8 Å². The molecule has 0 radical (unpaired) electrons. The summed E-state index contributed by atoms with van der Waals surface area (Å²) in [7, 11) is 0. The lowest BCUT2D eigenvalue weighted by Crippen LogP contribution is -2.06. The highest BCUT2D eigenvalue weighted by Crippen LogP contribution is 2.28.